The van der Waals surface area contributed by atoms with Gasteiger partial charge in [0.05, 0.1) is 27.5 Å². The van der Waals surface area contributed by atoms with Crippen LogP contribution in [0.3, 0.4) is 0 Å². The van der Waals surface area contributed by atoms with Crippen LogP contribution in [0, 0.1) is 6.92 Å². The minimum atomic E-state index is -4.66. The average molecular weight is 518 g/mol. The van der Waals surface area contributed by atoms with Gasteiger partial charge < -0.3 is 10.1 Å². The summed E-state index contributed by atoms with van der Waals surface area (Å²) in [4.78, 5) is 36.9. The molecule has 0 spiro atoms. The second-order valence-electron chi connectivity index (χ2n) is 7.54. The molecule has 0 aliphatic heterocycles. The van der Waals surface area contributed by atoms with Gasteiger partial charge >= 0.3 is 24.0 Å². The third-order valence-corrected chi connectivity index (χ3v) is 5.14. The number of hydrazone groups is 1. The Morgan fingerprint density at radius 2 is 1.67 bits per heavy atom. The van der Waals surface area contributed by atoms with Crippen LogP contribution in [0.15, 0.2) is 71.8 Å². The Morgan fingerprint density at radius 3 is 2.36 bits per heavy atom. The molecule has 7 nitrogen and oxygen atoms in total. The van der Waals surface area contributed by atoms with E-state index in [0.29, 0.717) is 17.2 Å². The molecule has 0 unspecified atom stereocenters. The highest BCUT2D eigenvalue weighted by molar-refractivity contribution is 6.41. The van der Waals surface area contributed by atoms with Crippen LogP contribution in [0.1, 0.15) is 34.0 Å². The molecule has 2 amide bonds. The number of para-hydroxylation sites is 1. The third kappa shape index (κ3) is 6.70. The van der Waals surface area contributed by atoms with Crippen molar-refractivity contribution >= 4 is 40.8 Å². The number of hydrogen-bond acceptors (Lipinski definition) is 5. The van der Waals surface area contributed by atoms with Gasteiger partial charge in [-0.05, 0) is 56.3 Å². The number of nitrogens with one attached hydrogen (secondary N) is 2. The van der Waals surface area contributed by atoms with Gasteiger partial charge in [-0.25, -0.2) is 10.2 Å². The van der Waals surface area contributed by atoms with Gasteiger partial charge in [-0.3, -0.25) is 9.59 Å². The lowest BCUT2D eigenvalue weighted by Crippen LogP contribution is -2.33. The van der Waals surface area contributed by atoms with E-state index in [1.165, 1.54) is 13.0 Å². The summed E-state index contributed by atoms with van der Waals surface area (Å²) in [6, 6.07) is 15.6. The van der Waals surface area contributed by atoms with Crippen LogP contribution in [0.4, 0.5) is 18.9 Å². The number of alkyl halides is 3. The summed E-state index contributed by atoms with van der Waals surface area (Å²) in [5, 5.41) is 5.68. The summed E-state index contributed by atoms with van der Waals surface area (Å²) < 4.78 is 44.2. The van der Waals surface area contributed by atoms with Gasteiger partial charge in [-0.2, -0.15) is 18.3 Å². The highest BCUT2D eigenvalue weighted by atomic mass is 35.5. The Hall–Kier alpha value is -4.18. The number of benzene rings is 3. The first-order chi connectivity index (χ1) is 17.0. The molecule has 36 heavy (non-hydrogen) atoms. The van der Waals surface area contributed by atoms with Gasteiger partial charge in [0.25, 0.3) is 0 Å². The van der Waals surface area contributed by atoms with Crippen molar-refractivity contribution in [2.24, 2.45) is 5.10 Å². The van der Waals surface area contributed by atoms with E-state index >= 15 is 0 Å². The number of ether oxygens (including phenoxy) is 1. The summed E-state index contributed by atoms with van der Waals surface area (Å²) in [7, 11) is 0. The Balaban J connectivity index is 1.71. The molecule has 0 atom stereocenters. The van der Waals surface area contributed by atoms with Crippen molar-refractivity contribution in [2.45, 2.75) is 20.0 Å². The van der Waals surface area contributed by atoms with Crippen molar-refractivity contribution in [2.75, 3.05) is 5.32 Å². The minimum absolute atomic E-state index is 0.166. The highest BCUT2D eigenvalue weighted by Gasteiger charge is 2.31. The van der Waals surface area contributed by atoms with E-state index in [2.05, 4.69) is 5.10 Å². The first-order valence-electron chi connectivity index (χ1n) is 10.4. The number of carbonyl (C=O) groups is 3. The fourth-order valence-electron chi connectivity index (χ4n) is 3.01. The molecule has 11 heteroatoms. The molecule has 2 N–H and O–H groups in total. The third-order valence-electron chi connectivity index (χ3n) is 4.81. The normalized spacial score (nSPS) is 11.6. The molecule has 3 rings (SSSR count). The zero-order chi connectivity index (χ0) is 26.5. The van der Waals surface area contributed by atoms with Crippen molar-refractivity contribution in [1.29, 1.82) is 0 Å². The number of esters is 1. The molecule has 0 aromatic heterocycles. The lowest BCUT2D eigenvalue weighted by Gasteiger charge is -2.12. The first-order valence-corrected chi connectivity index (χ1v) is 10.7. The van der Waals surface area contributed by atoms with Crippen LogP contribution in [-0.4, -0.2) is 23.5 Å². The van der Waals surface area contributed by atoms with Crippen LogP contribution in [0.5, 0.6) is 5.75 Å². The van der Waals surface area contributed by atoms with Crippen molar-refractivity contribution in [3.63, 3.8) is 0 Å². The fraction of sp³-hybridized carbons (Fsp3) is 0.120. The Kier molecular flexibility index (Phi) is 8.11. The quantitative estimate of drug-likeness (QED) is 0.156. The van der Waals surface area contributed by atoms with Crippen molar-refractivity contribution in [1.82, 2.24) is 5.43 Å². The van der Waals surface area contributed by atoms with E-state index in [-0.39, 0.29) is 22.2 Å². The molecular weight excluding hydrogens is 499 g/mol. The molecule has 0 saturated heterocycles. The van der Waals surface area contributed by atoms with E-state index in [9.17, 15) is 27.6 Å². The molecule has 3 aromatic carbocycles. The number of hydrogen-bond donors (Lipinski definition) is 2. The topological polar surface area (TPSA) is 96.9 Å². The number of anilines is 1. The summed E-state index contributed by atoms with van der Waals surface area (Å²) in [6.07, 6.45) is -4.66. The zero-order valence-electron chi connectivity index (χ0n) is 18.9. The van der Waals surface area contributed by atoms with E-state index < -0.39 is 29.5 Å². The molecule has 0 aliphatic rings. The smallest absolute Gasteiger partial charge is 0.416 e. The average Bonchev–Trinajstić information content (AvgIpc) is 2.83. The van der Waals surface area contributed by atoms with Gasteiger partial charge in [-0.1, -0.05) is 41.4 Å². The molecule has 0 aliphatic carbocycles. The second-order valence-corrected chi connectivity index (χ2v) is 7.95. The fourth-order valence-corrected chi connectivity index (χ4v) is 3.17. The number of aryl methyl sites for hydroxylation is 1. The Labute approximate surface area is 208 Å². The maximum atomic E-state index is 12.9. The maximum Gasteiger partial charge on any atom is 0.416 e. The minimum Gasteiger partial charge on any atom is -0.422 e. The van der Waals surface area contributed by atoms with Gasteiger partial charge in [-0.15, -0.1) is 0 Å². The SMILES string of the molecule is CC(=NNC(=O)C(=O)Nc1cc(C(F)(F)F)ccc1Cl)c1ccccc1OC(=O)c1cccc(C)c1. The molecule has 186 valence electrons. The number of amides is 2. The zero-order valence-corrected chi connectivity index (χ0v) is 19.7. The van der Waals surface area contributed by atoms with Crippen LogP contribution in [0.2, 0.25) is 5.02 Å². The second kappa shape index (κ2) is 11.0. The molecule has 0 radical (unpaired) electrons. The highest BCUT2D eigenvalue weighted by Crippen LogP contribution is 2.33. The van der Waals surface area contributed by atoms with Crippen molar-refractivity contribution < 1.29 is 32.3 Å². The molecule has 3 aromatic rings. The summed E-state index contributed by atoms with van der Waals surface area (Å²) in [6.45, 7) is 3.34. The molecule has 0 saturated carbocycles. The Bertz CT molecular complexity index is 1360. The predicted molar refractivity (Wildman–Crippen MR) is 128 cm³/mol. The largest absolute Gasteiger partial charge is 0.422 e. The first kappa shape index (κ1) is 26.4. The van der Waals surface area contributed by atoms with Crippen LogP contribution >= 0.6 is 11.6 Å². The number of halogens is 4. The summed E-state index contributed by atoms with van der Waals surface area (Å²) >= 11 is 5.83. The van der Waals surface area contributed by atoms with Gasteiger partial charge in [0.15, 0.2) is 0 Å². The van der Waals surface area contributed by atoms with Crippen LogP contribution in [0.25, 0.3) is 0 Å². The lowest BCUT2D eigenvalue weighted by atomic mass is 10.1. The van der Waals surface area contributed by atoms with E-state index in [1.807, 2.05) is 23.7 Å². The number of rotatable bonds is 5. The van der Waals surface area contributed by atoms with Gasteiger partial charge in [0, 0.05) is 5.56 Å². The van der Waals surface area contributed by atoms with E-state index in [0.717, 1.165) is 17.7 Å². The molecule has 0 fully saturated rings. The lowest BCUT2D eigenvalue weighted by molar-refractivity contribution is -0.137. The van der Waals surface area contributed by atoms with E-state index in [1.54, 1.807) is 36.4 Å². The number of carbonyl (C=O) groups excluding carboxylic acids is 3. The van der Waals surface area contributed by atoms with Gasteiger partial charge in [0.2, 0.25) is 0 Å². The molecule has 0 heterocycles. The van der Waals surface area contributed by atoms with Crippen molar-refractivity contribution in [3.8, 4) is 5.75 Å². The molecule has 0 bridgehead atoms. The predicted octanol–water partition coefficient (Wildman–Crippen LogP) is 5.37. The van der Waals surface area contributed by atoms with E-state index in [4.69, 9.17) is 16.3 Å². The molecular formula is C25H19ClF3N3O4. The van der Waals surface area contributed by atoms with Crippen LogP contribution < -0.4 is 15.5 Å². The van der Waals surface area contributed by atoms with Crippen LogP contribution in [-0.2, 0) is 15.8 Å². The summed E-state index contributed by atoms with van der Waals surface area (Å²) in [5.41, 5.74) is 2.36. The standard InChI is InChI=1S/C25H19ClF3N3O4/c1-14-6-5-7-16(12-14)24(35)36-21-9-4-3-8-18(21)15(2)31-32-23(34)22(33)30-20-13-17(25(27,28)29)10-11-19(20)26/h3-13H,1-2H3,(H,30,33)(H,32,34). The van der Waals surface area contributed by atoms with Crippen molar-refractivity contribution in [3.05, 3.63) is 94.0 Å². The maximum absolute atomic E-state index is 12.9. The Morgan fingerprint density at radius 1 is 0.944 bits per heavy atom. The van der Waals surface area contributed by atoms with Gasteiger partial charge in [0.1, 0.15) is 5.75 Å². The number of nitrogens with zero attached hydrogens (tertiary/aromatic N) is 1. The monoisotopic (exact) mass is 517 g/mol. The summed E-state index contributed by atoms with van der Waals surface area (Å²) in [5.74, 6) is -2.97.